The molecule has 0 bridgehead atoms. The number of rotatable bonds is 6. The second kappa shape index (κ2) is 5.99. The molecule has 19 heavy (non-hydrogen) atoms. The van der Waals surface area contributed by atoms with Crippen molar-refractivity contribution < 1.29 is 4.74 Å². The van der Waals surface area contributed by atoms with Crippen molar-refractivity contribution >= 4 is 0 Å². The largest absolute Gasteiger partial charge is 0.380 e. The second-order valence-corrected chi connectivity index (χ2v) is 5.66. The maximum atomic E-state index is 5.40. The maximum Gasteiger partial charge on any atom is 0.0710 e. The molecule has 1 aliphatic heterocycles. The summed E-state index contributed by atoms with van der Waals surface area (Å²) in [6.07, 6.45) is 4.19. The molecule has 1 saturated carbocycles. The van der Waals surface area contributed by atoms with Gasteiger partial charge in [0.1, 0.15) is 0 Å². The first-order valence-corrected chi connectivity index (χ1v) is 7.27. The van der Waals surface area contributed by atoms with Gasteiger partial charge in [0.05, 0.1) is 17.5 Å². The first-order chi connectivity index (χ1) is 9.33. The molecule has 4 heteroatoms. The molecule has 2 heterocycles. The molecule has 2 fully saturated rings. The fraction of sp³-hybridized carbons (Fsp3) is 0.667. The molecule has 0 spiro atoms. The van der Waals surface area contributed by atoms with Crippen molar-refractivity contribution in [3.63, 3.8) is 0 Å². The van der Waals surface area contributed by atoms with Gasteiger partial charge >= 0.3 is 0 Å². The molecule has 104 valence electrons. The van der Waals surface area contributed by atoms with Gasteiger partial charge in [-0.1, -0.05) is 6.07 Å². The minimum Gasteiger partial charge on any atom is -0.380 e. The molecule has 1 aromatic heterocycles. The fourth-order valence-corrected chi connectivity index (χ4v) is 2.61. The Hall–Kier alpha value is -0.970. The Balaban J connectivity index is 1.53. The van der Waals surface area contributed by atoms with Crippen LogP contribution in [0.15, 0.2) is 18.2 Å². The van der Waals surface area contributed by atoms with E-state index in [1.807, 2.05) is 0 Å². The first kappa shape index (κ1) is 13.0. The molecule has 1 aromatic rings. The SMILES string of the molecule is COC1CCN(Cc2cccc(CNC3CC3)n2)C1. The van der Waals surface area contributed by atoms with Crippen LogP contribution in [0.25, 0.3) is 0 Å². The highest BCUT2D eigenvalue weighted by molar-refractivity contribution is 5.11. The van der Waals surface area contributed by atoms with Crippen LogP contribution in [0.2, 0.25) is 0 Å². The topological polar surface area (TPSA) is 37.4 Å². The lowest BCUT2D eigenvalue weighted by Crippen LogP contribution is -2.23. The van der Waals surface area contributed by atoms with E-state index in [0.29, 0.717) is 6.10 Å². The minimum atomic E-state index is 0.403. The molecule has 2 aliphatic rings. The average Bonchev–Trinajstić information content (AvgIpc) is 3.16. The monoisotopic (exact) mass is 261 g/mol. The van der Waals surface area contributed by atoms with Gasteiger partial charge in [-0.2, -0.15) is 0 Å². The van der Waals surface area contributed by atoms with Crippen LogP contribution in [0, 0.1) is 0 Å². The zero-order valence-corrected chi connectivity index (χ0v) is 11.6. The zero-order valence-electron chi connectivity index (χ0n) is 11.6. The van der Waals surface area contributed by atoms with Crippen molar-refractivity contribution in [3.8, 4) is 0 Å². The van der Waals surface area contributed by atoms with E-state index < -0.39 is 0 Å². The molecule has 1 saturated heterocycles. The third-order valence-corrected chi connectivity index (χ3v) is 3.96. The summed E-state index contributed by atoms with van der Waals surface area (Å²) in [5, 5.41) is 3.51. The number of likely N-dealkylation sites (tertiary alicyclic amines) is 1. The van der Waals surface area contributed by atoms with Gasteiger partial charge in [-0.15, -0.1) is 0 Å². The molecule has 3 rings (SSSR count). The molecular formula is C15H23N3O. The number of nitrogens with zero attached hydrogens (tertiary/aromatic N) is 2. The van der Waals surface area contributed by atoms with E-state index >= 15 is 0 Å². The third kappa shape index (κ3) is 3.75. The van der Waals surface area contributed by atoms with E-state index in [1.54, 1.807) is 7.11 Å². The van der Waals surface area contributed by atoms with E-state index in [2.05, 4.69) is 28.4 Å². The van der Waals surface area contributed by atoms with Crippen molar-refractivity contribution in [1.29, 1.82) is 0 Å². The zero-order chi connectivity index (χ0) is 13.1. The summed E-state index contributed by atoms with van der Waals surface area (Å²) >= 11 is 0. The molecule has 1 unspecified atom stereocenters. The number of ether oxygens (including phenoxy) is 1. The Morgan fingerprint density at radius 3 is 2.89 bits per heavy atom. The van der Waals surface area contributed by atoms with Crippen molar-refractivity contribution in [2.45, 2.75) is 44.5 Å². The van der Waals surface area contributed by atoms with Gasteiger partial charge in [-0.3, -0.25) is 9.88 Å². The van der Waals surface area contributed by atoms with E-state index in [1.165, 1.54) is 18.5 Å². The van der Waals surface area contributed by atoms with E-state index in [4.69, 9.17) is 9.72 Å². The number of nitrogens with one attached hydrogen (secondary N) is 1. The van der Waals surface area contributed by atoms with E-state index in [-0.39, 0.29) is 0 Å². The Labute approximate surface area is 115 Å². The number of methoxy groups -OCH3 is 1. The molecule has 4 nitrogen and oxygen atoms in total. The molecule has 0 aromatic carbocycles. The molecular weight excluding hydrogens is 238 g/mol. The number of aromatic nitrogens is 1. The quantitative estimate of drug-likeness (QED) is 0.843. The lowest BCUT2D eigenvalue weighted by molar-refractivity contribution is 0.107. The second-order valence-electron chi connectivity index (χ2n) is 5.66. The van der Waals surface area contributed by atoms with Crippen molar-refractivity contribution in [3.05, 3.63) is 29.6 Å². The summed E-state index contributed by atoms with van der Waals surface area (Å²) in [6, 6.07) is 7.10. The Kier molecular flexibility index (Phi) is 4.11. The summed E-state index contributed by atoms with van der Waals surface area (Å²) in [5.41, 5.74) is 2.33. The van der Waals surface area contributed by atoms with Gasteiger partial charge in [-0.05, 0) is 31.4 Å². The van der Waals surface area contributed by atoms with Gasteiger partial charge in [0.15, 0.2) is 0 Å². The van der Waals surface area contributed by atoms with E-state index in [9.17, 15) is 0 Å². The van der Waals surface area contributed by atoms with Gasteiger partial charge in [0.2, 0.25) is 0 Å². The standard InChI is InChI=1S/C15H23N3O/c1-19-15-7-8-18(11-15)10-14-4-2-3-13(17-14)9-16-12-5-6-12/h2-4,12,15-16H,5-11H2,1H3. The lowest BCUT2D eigenvalue weighted by Gasteiger charge is -2.15. The highest BCUT2D eigenvalue weighted by atomic mass is 16.5. The molecule has 1 N–H and O–H groups in total. The van der Waals surface area contributed by atoms with Crippen LogP contribution in [0.5, 0.6) is 0 Å². The summed E-state index contributed by atoms with van der Waals surface area (Å²) in [5.74, 6) is 0. The number of hydrogen-bond acceptors (Lipinski definition) is 4. The third-order valence-electron chi connectivity index (χ3n) is 3.96. The molecule has 1 atom stereocenters. The van der Waals surface area contributed by atoms with Crippen molar-refractivity contribution in [2.75, 3.05) is 20.2 Å². The fourth-order valence-electron chi connectivity index (χ4n) is 2.61. The normalized spacial score (nSPS) is 23.9. The predicted molar refractivity (Wildman–Crippen MR) is 74.8 cm³/mol. The van der Waals surface area contributed by atoms with Crippen LogP contribution in [0.1, 0.15) is 30.7 Å². The van der Waals surface area contributed by atoms with Crippen molar-refractivity contribution in [1.82, 2.24) is 15.2 Å². The predicted octanol–water partition coefficient (Wildman–Crippen LogP) is 1.55. The van der Waals surface area contributed by atoms with Crippen LogP contribution in [-0.2, 0) is 17.8 Å². The smallest absolute Gasteiger partial charge is 0.0710 e. The summed E-state index contributed by atoms with van der Waals surface area (Å²) < 4.78 is 5.40. The van der Waals surface area contributed by atoms with Gasteiger partial charge in [0.25, 0.3) is 0 Å². The first-order valence-electron chi connectivity index (χ1n) is 7.27. The highest BCUT2D eigenvalue weighted by Crippen LogP contribution is 2.19. The Morgan fingerprint density at radius 2 is 2.16 bits per heavy atom. The van der Waals surface area contributed by atoms with Gasteiger partial charge in [0, 0.05) is 39.3 Å². The Morgan fingerprint density at radius 1 is 1.32 bits per heavy atom. The molecule has 1 aliphatic carbocycles. The van der Waals surface area contributed by atoms with Gasteiger partial charge < -0.3 is 10.1 Å². The minimum absolute atomic E-state index is 0.403. The van der Waals surface area contributed by atoms with Gasteiger partial charge in [-0.25, -0.2) is 0 Å². The summed E-state index contributed by atoms with van der Waals surface area (Å²) in [4.78, 5) is 7.17. The van der Waals surface area contributed by atoms with Crippen LogP contribution < -0.4 is 5.32 Å². The van der Waals surface area contributed by atoms with Crippen molar-refractivity contribution in [2.24, 2.45) is 0 Å². The van der Waals surface area contributed by atoms with E-state index in [0.717, 1.165) is 44.3 Å². The van der Waals surface area contributed by atoms with Crippen LogP contribution in [0.4, 0.5) is 0 Å². The maximum absolute atomic E-state index is 5.40. The average molecular weight is 261 g/mol. The molecule has 0 amide bonds. The van der Waals surface area contributed by atoms with Crippen LogP contribution >= 0.6 is 0 Å². The van der Waals surface area contributed by atoms with Crippen LogP contribution in [0.3, 0.4) is 0 Å². The number of pyridine rings is 1. The lowest BCUT2D eigenvalue weighted by atomic mass is 10.3. The summed E-state index contributed by atoms with van der Waals surface area (Å²) in [6.45, 7) is 3.99. The highest BCUT2D eigenvalue weighted by Gasteiger charge is 2.22. The summed E-state index contributed by atoms with van der Waals surface area (Å²) in [7, 11) is 1.80. The number of hydrogen-bond donors (Lipinski definition) is 1. The van der Waals surface area contributed by atoms with Crippen LogP contribution in [-0.4, -0.2) is 42.2 Å². The Bertz CT molecular complexity index is 420. The molecule has 0 radical (unpaired) electrons.